The van der Waals surface area contributed by atoms with Crippen molar-refractivity contribution < 1.29 is 14.3 Å². The Morgan fingerprint density at radius 3 is 2.12 bits per heavy atom. The van der Waals surface area contributed by atoms with E-state index in [0.29, 0.717) is 44.0 Å². The van der Waals surface area contributed by atoms with Crippen molar-refractivity contribution in [3.05, 3.63) is 107 Å². The maximum Gasteiger partial charge on any atom is 0.243 e. The van der Waals surface area contributed by atoms with Gasteiger partial charge in [0.15, 0.2) is 0 Å². The van der Waals surface area contributed by atoms with Crippen molar-refractivity contribution in [2.45, 2.75) is 31.8 Å². The second-order valence-corrected chi connectivity index (χ2v) is 8.56. The molecule has 0 aliphatic carbocycles. The van der Waals surface area contributed by atoms with E-state index >= 15 is 0 Å². The molecule has 3 aromatic carbocycles. The Balaban J connectivity index is 1.86. The van der Waals surface area contributed by atoms with Gasteiger partial charge in [0.2, 0.25) is 11.8 Å². The lowest BCUT2D eigenvalue weighted by molar-refractivity contribution is -0.141. The van der Waals surface area contributed by atoms with Crippen LogP contribution in [-0.4, -0.2) is 43.0 Å². The number of rotatable bonds is 12. The second kappa shape index (κ2) is 13.5. The molecule has 0 bridgehead atoms. The highest BCUT2D eigenvalue weighted by Gasteiger charge is 2.30. The van der Waals surface area contributed by atoms with E-state index in [-0.39, 0.29) is 11.8 Å². The van der Waals surface area contributed by atoms with Crippen molar-refractivity contribution >= 4 is 23.4 Å². The van der Waals surface area contributed by atoms with Gasteiger partial charge < -0.3 is 15.0 Å². The third-order valence-corrected chi connectivity index (χ3v) is 5.87. The zero-order valence-corrected chi connectivity index (χ0v) is 20.2. The predicted molar refractivity (Wildman–Crippen MR) is 136 cm³/mol. The molecule has 0 aromatic heterocycles. The quantitative estimate of drug-likeness (QED) is 0.385. The van der Waals surface area contributed by atoms with Crippen LogP contribution in [-0.2, 0) is 33.7 Å². The summed E-state index contributed by atoms with van der Waals surface area (Å²) in [5, 5.41) is 3.56. The lowest BCUT2D eigenvalue weighted by Gasteiger charge is -2.31. The van der Waals surface area contributed by atoms with Gasteiger partial charge in [-0.2, -0.15) is 0 Å². The first-order chi connectivity index (χ1) is 16.6. The Kier molecular flexibility index (Phi) is 10.1. The molecule has 0 radical (unpaired) electrons. The highest BCUT2D eigenvalue weighted by molar-refractivity contribution is 6.30. The molecule has 0 aliphatic rings. The Morgan fingerprint density at radius 2 is 1.50 bits per heavy atom. The molecule has 0 heterocycles. The largest absolute Gasteiger partial charge is 0.383 e. The molecule has 0 saturated heterocycles. The van der Waals surface area contributed by atoms with Gasteiger partial charge in [-0.05, 0) is 35.2 Å². The molecule has 34 heavy (non-hydrogen) atoms. The summed E-state index contributed by atoms with van der Waals surface area (Å²) in [4.78, 5) is 28.6. The molecule has 1 atom stereocenters. The van der Waals surface area contributed by atoms with Crippen LogP contribution in [0.4, 0.5) is 0 Å². The average molecular weight is 479 g/mol. The number of carbonyl (C=O) groups excluding carboxylic acids is 2. The maximum absolute atomic E-state index is 13.5. The zero-order valence-electron chi connectivity index (χ0n) is 19.5. The van der Waals surface area contributed by atoms with Gasteiger partial charge in [-0.3, -0.25) is 9.59 Å². The van der Waals surface area contributed by atoms with Crippen molar-refractivity contribution in [1.82, 2.24) is 10.2 Å². The van der Waals surface area contributed by atoms with E-state index in [1.807, 2.05) is 72.8 Å². The molecule has 0 unspecified atom stereocenters. The van der Waals surface area contributed by atoms with E-state index in [1.165, 1.54) is 0 Å². The number of amides is 2. The number of aryl methyl sites for hydroxylation is 1. The molecule has 0 spiro atoms. The lowest BCUT2D eigenvalue weighted by atomic mass is 10.0. The SMILES string of the molecule is COCCNC(=O)[C@H](Cc1ccccc1)N(Cc1ccc(Cl)cc1)C(=O)CCc1ccccc1. The van der Waals surface area contributed by atoms with Gasteiger partial charge in [0.1, 0.15) is 6.04 Å². The van der Waals surface area contributed by atoms with E-state index in [2.05, 4.69) is 5.32 Å². The standard InChI is InChI=1S/C28H31ClN2O3/c1-34-19-18-30-28(33)26(20-23-10-6-3-7-11-23)31(21-24-12-15-25(29)16-13-24)27(32)17-14-22-8-4-2-5-9-22/h2-13,15-16,26H,14,17-21H2,1H3,(H,30,33)/t26-/m0/s1. The maximum atomic E-state index is 13.5. The van der Waals surface area contributed by atoms with Crippen LogP contribution in [0.5, 0.6) is 0 Å². The summed E-state index contributed by atoms with van der Waals surface area (Å²) < 4.78 is 5.08. The molecular formula is C28H31ClN2O3. The Hall–Kier alpha value is -3.15. The molecule has 2 amide bonds. The highest BCUT2D eigenvalue weighted by atomic mass is 35.5. The number of nitrogens with one attached hydrogen (secondary N) is 1. The molecule has 178 valence electrons. The van der Waals surface area contributed by atoms with Crippen molar-refractivity contribution in [2.24, 2.45) is 0 Å². The third kappa shape index (κ3) is 8.01. The van der Waals surface area contributed by atoms with Crippen molar-refractivity contribution in [3.63, 3.8) is 0 Å². The Bertz CT molecular complexity index is 1030. The summed E-state index contributed by atoms with van der Waals surface area (Å²) in [7, 11) is 1.59. The fraction of sp³-hybridized carbons (Fsp3) is 0.286. The molecule has 3 aromatic rings. The highest BCUT2D eigenvalue weighted by Crippen LogP contribution is 2.18. The van der Waals surface area contributed by atoms with Crippen LogP contribution >= 0.6 is 11.6 Å². The molecule has 1 N–H and O–H groups in total. The van der Waals surface area contributed by atoms with Crippen LogP contribution in [0.3, 0.4) is 0 Å². The van der Waals surface area contributed by atoms with Crippen LogP contribution in [0.2, 0.25) is 5.02 Å². The summed E-state index contributed by atoms with van der Waals surface area (Å²) in [6, 6.07) is 26.4. The van der Waals surface area contributed by atoms with E-state index in [4.69, 9.17) is 16.3 Å². The Morgan fingerprint density at radius 1 is 0.882 bits per heavy atom. The smallest absolute Gasteiger partial charge is 0.243 e. The predicted octanol–water partition coefficient (Wildman–Crippen LogP) is 4.68. The molecule has 0 fully saturated rings. The van der Waals surface area contributed by atoms with Gasteiger partial charge in [-0.1, -0.05) is 84.4 Å². The third-order valence-electron chi connectivity index (χ3n) is 5.61. The number of hydrogen-bond donors (Lipinski definition) is 1. The van der Waals surface area contributed by atoms with Crippen molar-refractivity contribution in [1.29, 1.82) is 0 Å². The van der Waals surface area contributed by atoms with E-state index in [9.17, 15) is 9.59 Å². The summed E-state index contributed by atoms with van der Waals surface area (Å²) in [6.07, 6.45) is 1.35. The number of benzene rings is 3. The first-order valence-electron chi connectivity index (χ1n) is 11.4. The topological polar surface area (TPSA) is 58.6 Å². The molecule has 5 nitrogen and oxygen atoms in total. The fourth-order valence-corrected chi connectivity index (χ4v) is 3.90. The fourth-order valence-electron chi connectivity index (χ4n) is 3.77. The number of ether oxygens (including phenoxy) is 1. The minimum Gasteiger partial charge on any atom is -0.383 e. The van der Waals surface area contributed by atoms with Gasteiger partial charge in [0.05, 0.1) is 6.61 Å². The minimum absolute atomic E-state index is 0.0679. The summed E-state index contributed by atoms with van der Waals surface area (Å²) >= 11 is 6.06. The van der Waals surface area contributed by atoms with Crippen LogP contribution in [0, 0.1) is 0 Å². The number of halogens is 1. The van der Waals surface area contributed by atoms with Crippen LogP contribution in [0.1, 0.15) is 23.1 Å². The number of hydrogen-bond acceptors (Lipinski definition) is 3. The molecule has 6 heteroatoms. The normalized spacial score (nSPS) is 11.6. The average Bonchev–Trinajstić information content (AvgIpc) is 2.87. The number of carbonyl (C=O) groups is 2. The summed E-state index contributed by atoms with van der Waals surface area (Å²) in [5.74, 6) is -0.260. The molecule has 3 rings (SSSR count). The summed E-state index contributed by atoms with van der Waals surface area (Å²) in [6.45, 7) is 1.11. The van der Waals surface area contributed by atoms with Gasteiger partial charge in [-0.15, -0.1) is 0 Å². The van der Waals surface area contributed by atoms with Gasteiger partial charge in [0.25, 0.3) is 0 Å². The zero-order chi connectivity index (χ0) is 24.2. The van der Waals surface area contributed by atoms with E-state index in [1.54, 1.807) is 24.1 Å². The van der Waals surface area contributed by atoms with E-state index < -0.39 is 6.04 Å². The minimum atomic E-state index is -0.654. The molecule has 0 aliphatic heterocycles. The monoisotopic (exact) mass is 478 g/mol. The first kappa shape index (κ1) is 25.5. The van der Waals surface area contributed by atoms with Crippen LogP contribution < -0.4 is 5.32 Å². The molecular weight excluding hydrogens is 448 g/mol. The number of methoxy groups -OCH3 is 1. The lowest BCUT2D eigenvalue weighted by Crippen LogP contribution is -2.51. The summed E-state index contributed by atoms with van der Waals surface area (Å²) in [5.41, 5.74) is 3.00. The van der Waals surface area contributed by atoms with Gasteiger partial charge in [-0.25, -0.2) is 0 Å². The van der Waals surface area contributed by atoms with E-state index in [0.717, 1.165) is 16.7 Å². The van der Waals surface area contributed by atoms with Crippen LogP contribution in [0.25, 0.3) is 0 Å². The Labute approximate surface area is 206 Å². The van der Waals surface area contributed by atoms with Crippen molar-refractivity contribution in [3.8, 4) is 0 Å². The molecule has 0 saturated carbocycles. The first-order valence-corrected chi connectivity index (χ1v) is 11.8. The number of nitrogens with zero attached hydrogens (tertiary/aromatic N) is 1. The van der Waals surface area contributed by atoms with Gasteiger partial charge >= 0.3 is 0 Å². The van der Waals surface area contributed by atoms with Gasteiger partial charge in [0, 0.05) is 38.1 Å². The van der Waals surface area contributed by atoms with Crippen molar-refractivity contribution in [2.75, 3.05) is 20.3 Å². The second-order valence-electron chi connectivity index (χ2n) is 8.12. The van der Waals surface area contributed by atoms with Crippen LogP contribution in [0.15, 0.2) is 84.9 Å².